The molecule has 178 valence electrons. The number of ether oxygens (including phenoxy) is 3. The molecule has 0 bridgehead atoms. The number of fused-ring (bicyclic) bond motifs is 1. The number of carbonyl (C=O) groups excluding carboxylic acids is 1. The Morgan fingerprint density at radius 3 is 2.54 bits per heavy atom. The summed E-state index contributed by atoms with van der Waals surface area (Å²) in [6.45, 7) is 1.22. The highest BCUT2D eigenvalue weighted by atomic mass is 16.6. The number of carbonyl (C=O) groups is 1. The van der Waals surface area contributed by atoms with Crippen LogP contribution in [0.25, 0.3) is 11.0 Å². The fourth-order valence-corrected chi connectivity index (χ4v) is 3.32. The van der Waals surface area contributed by atoms with Crippen molar-refractivity contribution in [3.05, 3.63) is 92.8 Å². The smallest absolute Gasteiger partial charge is 0.271 e. The molecule has 0 aliphatic rings. The number of hydrogen-bond donors (Lipinski definition) is 1. The van der Waals surface area contributed by atoms with Gasteiger partial charge < -0.3 is 23.9 Å². The van der Waals surface area contributed by atoms with Crippen molar-refractivity contribution < 1.29 is 28.3 Å². The second-order valence-corrected chi connectivity index (χ2v) is 7.37. The molecule has 0 spiro atoms. The molecule has 0 aliphatic heterocycles. The van der Waals surface area contributed by atoms with Gasteiger partial charge in [0, 0.05) is 18.2 Å². The third-order valence-corrected chi connectivity index (χ3v) is 4.99. The standard InChI is InChI=1S/C25H20N2O8/c1-15-25(35-17-6-4-3-5-7-17)24(29)19-10-9-18(13-22(19)34-15)33-14-23(28)26-20-12-16(27(30)31)8-11-21(20)32-2/h3-13H,14H2,1-2H3,(H,26,28). The number of methoxy groups -OCH3 is 1. The Morgan fingerprint density at radius 1 is 1.06 bits per heavy atom. The fourth-order valence-electron chi connectivity index (χ4n) is 3.32. The van der Waals surface area contributed by atoms with Gasteiger partial charge in [0.25, 0.3) is 11.6 Å². The molecular formula is C25H20N2O8. The molecule has 4 aromatic rings. The zero-order valence-corrected chi connectivity index (χ0v) is 18.8. The molecule has 3 aromatic carbocycles. The maximum Gasteiger partial charge on any atom is 0.271 e. The maximum atomic E-state index is 12.9. The van der Waals surface area contributed by atoms with Gasteiger partial charge in [-0.3, -0.25) is 19.7 Å². The van der Waals surface area contributed by atoms with Gasteiger partial charge in [-0.2, -0.15) is 0 Å². The predicted octanol–water partition coefficient (Wildman–Crippen LogP) is 4.83. The van der Waals surface area contributed by atoms with Gasteiger partial charge in [-0.1, -0.05) is 18.2 Å². The second-order valence-electron chi connectivity index (χ2n) is 7.37. The van der Waals surface area contributed by atoms with Crippen LogP contribution in [0.3, 0.4) is 0 Å². The highest BCUT2D eigenvalue weighted by Gasteiger charge is 2.16. The number of aryl methyl sites for hydroxylation is 1. The van der Waals surface area contributed by atoms with Gasteiger partial charge >= 0.3 is 0 Å². The van der Waals surface area contributed by atoms with Gasteiger partial charge in [-0.25, -0.2) is 0 Å². The van der Waals surface area contributed by atoms with E-state index in [0.717, 1.165) is 0 Å². The van der Waals surface area contributed by atoms with Crippen molar-refractivity contribution in [2.45, 2.75) is 6.92 Å². The first kappa shape index (κ1) is 23.3. The van der Waals surface area contributed by atoms with E-state index in [1.54, 1.807) is 31.2 Å². The topological polar surface area (TPSA) is 130 Å². The molecule has 10 heteroatoms. The molecule has 0 aliphatic carbocycles. The SMILES string of the molecule is COc1ccc([N+](=O)[O-])cc1NC(=O)COc1ccc2c(=O)c(Oc3ccccc3)c(C)oc2c1. The quantitative estimate of drug-likeness (QED) is 0.283. The summed E-state index contributed by atoms with van der Waals surface area (Å²) in [6.07, 6.45) is 0. The van der Waals surface area contributed by atoms with Crippen molar-refractivity contribution in [1.82, 2.24) is 0 Å². The minimum Gasteiger partial charge on any atom is -0.495 e. The molecule has 0 fully saturated rings. The van der Waals surface area contributed by atoms with Gasteiger partial charge in [0.2, 0.25) is 11.2 Å². The van der Waals surface area contributed by atoms with Crippen LogP contribution in [-0.4, -0.2) is 24.5 Å². The van der Waals surface area contributed by atoms with E-state index in [9.17, 15) is 19.7 Å². The van der Waals surface area contributed by atoms with Crippen LogP contribution in [0.4, 0.5) is 11.4 Å². The summed E-state index contributed by atoms with van der Waals surface area (Å²) in [5, 5.41) is 13.8. The number of nitrogens with one attached hydrogen (secondary N) is 1. The van der Waals surface area contributed by atoms with E-state index in [-0.39, 0.29) is 39.6 Å². The van der Waals surface area contributed by atoms with E-state index in [2.05, 4.69) is 5.32 Å². The lowest BCUT2D eigenvalue weighted by Crippen LogP contribution is -2.20. The normalized spacial score (nSPS) is 10.6. The molecule has 1 amide bonds. The largest absolute Gasteiger partial charge is 0.495 e. The first-order chi connectivity index (χ1) is 16.9. The number of non-ortho nitro benzene ring substituents is 1. The summed E-state index contributed by atoms with van der Waals surface area (Å²) in [5.74, 6) is 0.877. The van der Waals surface area contributed by atoms with Gasteiger partial charge in [0.15, 0.2) is 6.61 Å². The van der Waals surface area contributed by atoms with Gasteiger partial charge in [0.05, 0.1) is 23.1 Å². The molecule has 1 aromatic heterocycles. The van der Waals surface area contributed by atoms with Crippen LogP contribution in [0.15, 0.2) is 75.9 Å². The number of nitrogens with zero attached hydrogens (tertiary/aromatic N) is 1. The Morgan fingerprint density at radius 2 is 1.83 bits per heavy atom. The lowest BCUT2D eigenvalue weighted by Gasteiger charge is -2.12. The van der Waals surface area contributed by atoms with Gasteiger partial charge in [0.1, 0.15) is 28.6 Å². The zero-order valence-electron chi connectivity index (χ0n) is 18.8. The van der Waals surface area contributed by atoms with E-state index in [4.69, 9.17) is 18.6 Å². The van der Waals surface area contributed by atoms with Crippen molar-refractivity contribution in [1.29, 1.82) is 0 Å². The molecule has 0 unspecified atom stereocenters. The van der Waals surface area contributed by atoms with Crippen LogP contribution in [0.5, 0.6) is 23.0 Å². The summed E-state index contributed by atoms with van der Waals surface area (Å²) in [7, 11) is 1.38. The van der Waals surface area contributed by atoms with Crippen LogP contribution < -0.4 is 25.0 Å². The minimum atomic E-state index is -0.577. The van der Waals surface area contributed by atoms with Gasteiger partial charge in [-0.15, -0.1) is 0 Å². The maximum absolute atomic E-state index is 12.9. The molecule has 35 heavy (non-hydrogen) atoms. The van der Waals surface area contributed by atoms with Crippen molar-refractivity contribution in [2.75, 3.05) is 19.0 Å². The Kier molecular flexibility index (Phi) is 6.63. The van der Waals surface area contributed by atoms with Crippen molar-refractivity contribution in [3.8, 4) is 23.0 Å². The summed E-state index contributed by atoms with van der Waals surface area (Å²) < 4.78 is 22.1. The molecule has 0 radical (unpaired) electrons. The summed E-state index contributed by atoms with van der Waals surface area (Å²) in [4.78, 5) is 35.7. The second kappa shape index (κ2) is 9.96. The molecule has 10 nitrogen and oxygen atoms in total. The molecule has 1 N–H and O–H groups in total. The Labute approximate surface area is 198 Å². The number of anilines is 1. The van der Waals surface area contributed by atoms with Crippen LogP contribution in [0, 0.1) is 17.0 Å². The Bertz CT molecular complexity index is 1460. The summed E-state index contributed by atoms with van der Waals surface area (Å²) >= 11 is 0. The number of nitro benzene ring substituents is 1. The van der Waals surface area contributed by atoms with Crippen molar-refractivity contribution >= 4 is 28.3 Å². The number of hydrogen-bond acceptors (Lipinski definition) is 8. The number of amides is 1. The van der Waals surface area contributed by atoms with E-state index in [0.29, 0.717) is 16.9 Å². The third kappa shape index (κ3) is 5.22. The molecule has 0 saturated heterocycles. The molecular weight excluding hydrogens is 456 g/mol. The third-order valence-electron chi connectivity index (χ3n) is 4.99. The predicted molar refractivity (Wildman–Crippen MR) is 128 cm³/mol. The average molecular weight is 476 g/mol. The number of rotatable bonds is 8. The Balaban J connectivity index is 1.49. The number of para-hydroxylation sites is 1. The first-order valence-corrected chi connectivity index (χ1v) is 10.4. The number of benzene rings is 3. The van der Waals surface area contributed by atoms with E-state index >= 15 is 0 Å². The lowest BCUT2D eigenvalue weighted by molar-refractivity contribution is -0.384. The fraction of sp³-hybridized carbons (Fsp3) is 0.120. The number of nitro groups is 1. The van der Waals surface area contributed by atoms with E-state index in [1.807, 2.05) is 6.07 Å². The lowest BCUT2D eigenvalue weighted by atomic mass is 10.2. The summed E-state index contributed by atoms with van der Waals surface area (Å²) in [6, 6.07) is 17.3. The van der Waals surface area contributed by atoms with Crippen molar-refractivity contribution in [3.63, 3.8) is 0 Å². The van der Waals surface area contributed by atoms with Crippen LogP contribution in [-0.2, 0) is 4.79 Å². The monoisotopic (exact) mass is 476 g/mol. The zero-order chi connectivity index (χ0) is 24.9. The summed E-state index contributed by atoms with van der Waals surface area (Å²) in [5.41, 5.74) is -0.125. The highest BCUT2D eigenvalue weighted by Crippen LogP contribution is 2.29. The molecule has 1 heterocycles. The first-order valence-electron chi connectivity index (χ1n) is 10.4. The van der Waals surface area contributed by atoms with Crippen molar-refractivity contribution in [2.24, 2.45) is 0 Å². The molecule has 4 rings (SSSR count). The average Bonchev–Trinajstić information content (AvgIpc) is 2.85. The van der Waals surface area contributed by atoms with Crippen LogP contribution in [0.1, 0.15) is 5.76 Å². The Hall–Kier alpha value is -4.86. The van der Waals surface area contributed by atoms with E-state index < -0.39 is 17.4 Å². The van der Waals surface area contributed by atoms with E-state index in [1.165, 1.54) is 43.5 Å². The highest BCUT2D eigenvalue weighted by molar-refractivity contribution is 5.93. The van der Waals surface area contributed by atoms with Crippen LogP contribution >= 0.6 is 0 Å². The molecule has 0 saturated carbocycles. The van der Waals surface area contributed by atoms with Gasteiger partial charge in [-0.05, 0) is 37.3 Å². The van der Waals surface area contributed by atoms with Crippen LogP contribution in [0.2, 0.25) is 0 Å². The molecule has 0 atom stereocenters. The minimum absolute atomic E-state index is 0.0858.